The molecule has 1 saturated heterocycles. The first kappa shape index (κ1) is 22.5. The quantitative estimate of drug-likeness (QED) is 0.403. The maximum Gasteiger partial charge on any atom is 0.159 e. The Morgan fingerprint density at radius 3 is 2.49 bits per heavy atom. The minimum Gasteiger partial charge on any atom is -0.352 e. The third-order valence-corrected chi connectivity index (χ3v) is 7.84. The van der Waals surface area contributed by atoms with Gasteiger partial charge in [0.1, 0.15) is 5.82 Å². The molecular formula is C26H29ClFN7. The fourth-order valence-corrected chi connectivity index (χ4v) is 5.98. The Kier molecular flexibility index (Phi) is 5.94. The number of aromatic nitrogens is 5. The van der Waals surface area contributed by atoms with Crippen molar-refractivity contribution in [2.75, 3.05) is 31.1 Å². The largest absolute Gasteiger partial charge is 0.352 e. The molecule has 0 bridgehead atoms. The number of aryl methyl sites for hydroxylation is 1. The molecule has 4 heterocycles. The molecule has 35 heavy (non-hydrogen) atoms. The molecule has 3 aromatic heterocycles. The van der Waals surface area contributed by atoms with Crippen LogP contribution in [-0.2, 0) is 7.05 Å². The summed E-state index contributed by atoms with van der Waals surface area (Å²) in [5.74, 6) is 0.738. The Labute approximate surface area is 209 Å². The molecule has 0 spiro atoms. The average molecular weight is 494 g/mol. The molecule has 2 aliphatic rings. The highest BCUT2D eigenvalue weighted by Crippen LogP contribution is 2.35. The second kappa shape index (κ2) is 9.24. The lowest BCUT2D eigenvalue weighted by Crippen LogP contribution is -2.51. The molecule has 1 aliphatic carbocycles. The fourth-order valence-electron chi connectivity index (χ4n) is 5.84. The van der Waals surface area contributed by atoms with Gasteiger partial charge in [-0.05, 0) is 49.9 Å². The summed E-state index contributed by atoms with van der Waals surface area (Å²) in [5.41, 5.74) is 2.98. The Bertz CT molecular complexity index is 1330. The lowest BCUT2D eigenvalue weighted by Gasteiger charge is -2.42. The smallest absolute Gasteiger partial charge is 0.159 e. The lowest BCUT2D eigenvalue weighted by molar-refractivity contribution is 0.131. The van der Waals surface area contributed by atoms with Crippen molar-refractivity contribution in [1.82, 2.24) is 29.4 Å². The Morgan fingerprint density at radius 1 is 0.971 bits per heavy atom. The van der Waals surface area contributed by atoms with Crippen LogP contribution < -0.4 is 4.90 Å². The van der Waals surface area contributed by atoms with Crippen LogP contribution in [0.25, 0.3) is 22.0 Å². The van der Waals surface area contributed by atoms with Crippen LogP contribution in [0.3, 0.4) is 0 Å². The number of nitrogens with zero attached hydrogens (tertiary/aromatic N) is 7. The van der Waals surface area contributed by atoms with Gasteiger partial charge in [-0.2, -0.15) is 5.10 Å². The molecule has 6 rings (SSSR count). The number of halogens is 2. The van der Waals surface area contributed by atoms with Gasteiger partial charge in [-0.3, -0.25) is 9.58 Å². The number of fused-ring (bicyclic) bond motifs is 1. The third-order valence-electron chi connectivity index (χ3n) is 7.66. The van der Waals surface area contributed by atoms with Crippen molar-refractivity contribution in [2.45, 2.75) is 37.8 Å². The van der Waals surface area contributed by atoms with E-state index >= 15 is 0 Å². The molecule has 0 N–H and O–H groups in total. The standard InChI is InChI=1S/C26H29ClFN7/c1-32-17-18(16-29-32)22-15-25(27)30-31-26(22)34-13-11-33(12-14-34)19-5-7-20(8-6-19)35-10-9-21-23(28)3-2-4-24(21)35/h2-4,9-10,15-17,19-20H,5-8,11-14H2,1H3. The summed E-state index contributed by atoms with van der Waals surface area (Å²) in [4.78, 5) is 4.95. The lowest BCUT2D eigenvalue weighted by atomic mass is 9.89. The number of rotatable bonds is 4. The second-order valence-corrected chi connectivity index (χ2v) is 10.1. The van der Waals surface area contributed by atoms with E-state index in [0.717, 1.165) is 66.9 Å². The van der Waals surface area contributed by atoms with Crippen LogP contribution in [0.15, 0.2) is 48.9 Å². The van der Waals surface area contributed by atoms with Gasteiger partial charge < -0.3 is 9.47 Å². The maximum atomic E-state index is 14.1. The van der Waals surface area contributed by atoms with E-state index in [1.54, 1.807) is 10.7 Å². The van der Waals surface area contributed by atoms with Gasteiger partial charge in [0.2, 0.25) is 0 Å². The summed E-state index contributed by atoms with van der Waals surface area (Å²) in [6.45, 7) is 3.82. The van der Waals surface area contributed by atoms with Gasteiger partial charge in [0.15, 0.2) is 11.0 Å². The third kappa shape index (κ3) is 4.29. The zero-order valence-corrected chi connectivity index (χ0v) is 20.6. The molecule has 1 aliphatic heterocycles. The van der Waals surface area contributed by atoms with Crippen molar-refractivity contribution in [3.63, 3.8) is 0 Å². The summed E-state index contributed by atoms with van der Waals surface area (Å²) in [6, 6.07) is 10.2. The number of piperazine rings is 1. The first-order valence-corrected chi connectivity index (χ1v) is 12.7. The minimum absolute atomic E-state index is 0.134. The van der Waals surface area contributed by atoms with Crippen LogP contribution >= 0.6 is 11.6 Å². The van der Waals surface area contributed by atoms with Gasteiger partial charge in [-0.1, -0.05) is 17.7 Å². The monoisotopic (exact) mass is 493 g/mol. The second-order valence-electron chi connectivity index (χ2n) is 9.69. The van der Waals surface area contributed by atoms with Crippen molar-refractivity contribution in [3.05, 3.63) is 59.9 Å². The Morgan fingerprint density at radius 2 is 1.74 bits per heavy atom. The van der Waals surface area contributed by atoms with E-state index in [0.29, 0.717) is 17.2 Å². The minimum atomic E-state index is -0.134. The molecule has 4 aromatic rings. The van der Waals surface area contributed by atoms with E-state index in [1.165, 1.54) is 12.8 Å². The van der Waals surface area contributed by atoms with E-state index in [4.69, 9.17) is 11.6 Å². The van der Waals surface area contributed by atoms with Crippen molar-refractivity contribution in [3.8, 4) is 11.1 Å². The number of hydrogen-bond acceptors (Lipinski definition) is 5. The van der Waals surface area contributed by atoms with Crippen molar-refractivity contribution in [1.29, 1.82) is 0 Å². The van der Waals surface area contributed by atoms with Crippen molar-refractivity contribution in [2.24, 2.45) is 7.05 Å². The number of benzene rings is 1. The predicted octanol–water partition coefficient (Wildman–Crippen LogP) is 4.93. The Hall–Kier alpha value is -2.97. The van der Waals surface area contributed by atoms with Crippen LogP contribution in [0.4, 0.5) is 10.2 Å². The predicted molar refractivity (Wildman–Crippen MR) is 136 cm³/mol. The average Bonchev–Trinajstić information content (AvgIpc) is 3.52. The van der Waals surface area contributed by atoms with E-state index in [9.17, 15) is 4.39 Å². The van der Waals surface area contributed by atoms with Gasteiger partial charge in [0.05, 0.1) is 11.7 Å². The summed E-state index contributed by atoms with van der Waals surface area (Å²) in [7, 11) is 1.91. The van der Waals surface area contributed by atoms with Crippen LogP contribution in [-0.4, -0.2) is 61.7 Å². The molecule has 0 radical (unpaired) electrons. The highest BCUT2D eigenvalue weighted by Gasteiger charge is 2.30. The highest BCUT2D eigenvalue weighted by atomic mass is 35.5. The summed E-state index contributed by atoms with van der Waals surface area (Å²) >= 11 is 6.18. The molecule has 182 valence electrons. The molecule has 0 amide bonds. The topological polar surface area (TPSA) is 55.0 Å². The zero-order valence-electron chi connectivity index (χ0n) is 19.8. The van der Waals surface area contributed by atoms with E-state index in [1.807, 2.05) is 43.7 Å². The summed E-state index contributed by atoms with van der Waals surface area (Å²) in [5, 5.41) is 14.0. The van der Waals surface area contributed by atoms with Crippen LogP contribution in [0.1, 0.15) is 31.7 Å². The van der Waals surface area contributed by atoms with E-state index in [-0.39, 0.29) is 5.82 Å². The maximum absolute atomic E-state index is 14.1. The van der Waals surface area contributed by atoms with Crippen molar-refractivity contribution < 1.29 is 4.39 Å². The molecule has 2 fully saturated rings. The number of hydrogen-bond donors (Lipinski definition) is 0. The molecule has 7 nitrogen and oxygen atoms in total. The molecular weight excluding hydrogens is 465 g/mol. The fraction of sp³-hybridized carbons (Fsp3) is 0.423. The Balaban J connectivity index is 1.10. The van der Waals surface area contributed by atoms with Gasteiger partial charge in [-0.25, -0.2) is 4.39 Å². The molecule has 0 atom stereocenters. The van der Waals surface area contributed by atoms with Gasteiger partial charge >= 0.3 is 0 Å². The summed E-state index contributed by atoms with van der Waals surface area (Å²) < 4.78 is 18.2. The van der Waals surface area contributed by atoms with E-state index in [2.05, 4.69) is 35.9 Å². The van der Waals surface area contributed by atoms with Gasteiger partial charge in [0, 0.05) is 74.2 Å². The van der Waals surface area contributed by atoms with Gasteiger partial charge in [0.25, 0.3) is 0 Å². The molecule has 9 heteroatoms. The summed E-state index contributed by atoms with van der Waals surface area (Å²) in [6.07, 6.45) is 10.5. The van der Waals surface area contributed by atoms with Gasteiger partial charge in [-0.15, -0.1) is 10.2 Å². The van der Waals surface area contributed by atoms with Crippen LogP contribution in [0.2, 0.25) is 5.15 Å². The first-order valence-electron chi connectivity index (χ1n) is 12.3. The SMILES string of the molecule is Cn1cc(-c2cc(Cl)nnc2N2CCN(C3CCC(n4ccc5c(F)cccc54)CC3)CC2)cn1. The first-order chi connectivity index (χ1) is 17.1. The number of anilines is 1. The van der Waals surface area contributed by atoms with Crippen molar-refractivity contribution >= 4 is 28.3 Å². The van der Waals surface area contributed by atoms with Crippen LogP contribution in [0.5, 0.6) is 0 Å². The van der Waals surface area contributed by atoms with Crippen LogP contribution in [0, 0.1) is 5.82 Å². The van der Waals surface area contributed by atoms with E-state index < -0.39 is 0 Å². The molecule has 1 saturated carbocycles. The molecule has 0 unspecified atom stereocenters. The molecule has 1 aromatic carbocycles. The normalized spacial score (nSPS) is 21.6. The zero-order chi connectivity index (χ0) is 23.9. The highest BCUT2D eigenvalue weighted by molar-refractivity contribution is 6.29.